The molecule has 3 aromatic rings. The monoisotopic (exact) mass is 372 g/mol. The summed E-state index contributed by atoms with van der Waals surface area (Å²) in [4.78, 5) is 10.1. The van der Waals surface area contributed by atoms with Crippen LogP contribution in [0.2, 0.25) is 0 Å². The molecular weight excluding hydrogens is 348 g/mol. The van der Waals surface area contributed by atoms with Crippen LogP contribution in [-0.4, -0.2) is 73.0 Å². The third kappa shape index (κ3) is 3.82. The maximum atomic E-state index is 5.38. The lowest BCUT2D eigenvalue weighted by Gasteiger charge is -2.26. The summed E-state index contributed by atoms with van der Waals surface area (Å²) in [6.07, 6.45) is 1.99. The van der Waals surface area contributed by atoms with Gasteiger partial charge in [-0.15, -0.1) is 5.10 Å². The predicted molar refractivity (Wildman–Crippen MR) is 106 cm³/mol. The minimum Gasteiger partial charge on any atom is -0.379 e. The van der Waals surface area contributed by atoms with E-state index in [1.807, 2.05) is 24.8 Å². The third-order valence-electron chi connectivity index (χ3n) is 4.51. The number of aromatic nitrogens is 3. The molecule has 0 unspecified atom stereocenters. The van der Waals surface area contributed by atoms with Crippen molar-refractivity contribution >= 4 is 27.1 Å². The maximum absolute atomic E-state index is 5.38. The lowest BCUT2D eigenvalue weighted by atomic mass is 10.1. The molecule has 0 radical (unpaired) electrons. The van der Waals surface area contributed by atoms with Gasteiger partial charge in [-0.3, -0.25) is 4.90 Å². The number of morpholine rings is 1. The van der Waals surface area contributed by atoms with Gasteiger partial charge in [-0.1, -0.05) is 23.5 Å². The van der Waals surface area contributed by atoms with Gasteiger partial charge in [-0.05, 0) is 12.1 Å². The topological polar surface area (TPSA) is 57.9 Å². The molecule has 138 valence electrons. The number of hydrogen-bond donors (Lipinski definition) is 1. The second-order valence-corrected chi connectivity index (χ2v) is 7.54. The molecule has 0 atom stereocenters. The molecule has 2 aromatic heterocycles. The van der Waals surface area contributed by atoms with Gasteiger partial charge >= 0.3 is 0 Å². The zero-order chi connectivity index (χ0) is 17.9. The minimum absolute atomic E-state index is 0.836. The van der Waals surface area contributed by atoms with E-state index in [-0.39, 0.29) is 0 Å². The summed E-state index contributed by atoms with van der Waals surface area (Å²) in [6.45, 7) is 5.59. The van der Waals surface area contributed by atoms with E-state index in [9.17, 15) is 0 Å². The van der Waals surface area contributed by atoms with Crippen molar-refractivity contribution in [3.63, 3.8) is 0 Å². The molecule has 7 nitrogen and oxygen atoms in total. The van der Waals surface area contributed by atoms with Gasteiger partial charge in [0.25, 0.3) is 0 Å². The van der Waals surface area contributed by atoms with Gasteiger partial charge < -0.3 is 15.0 Å². The quantitative estimate of drug-likeness (QED) is 0.716. The smallest absolute Gasteiger partial charge is 0.214 e. The van der Waals surface area contributed by atoms with E-state index in [2.05, 4.69) is 44.5 Å². The molecule has 0 saturated carbocycles. The fourth-order valence-electron chi connectivity index (χ4n) is 3.00. The second-order valence-electron chi connectivity index (χ2n) is 6.59. The van der Waals surface area contributed by atoms with Gasteiger partial charge in [0.05, 0.1) is 25.1 Å². The summed E-state index contributed by atoms with van der Waals surface area (Å²) >= 11 is 1.59. The average molecular weight is 372 g/mol. The molecule has 0 bridgehead atoms. The Morgan fingerprint density at radius 2 is 2.12 bits per heavy atom. The molecule has 26 heavy (non-hydrogen) atoms. The van der Waals surface area contributed by atoms with Crippen LogP contribution in [0.4, 0.5) is 10.8 Å². The summed E-state index contributed by atoms with van der Waals surface area (Å²) < 4.78 is 7.24. The van der Waals surface area contributed by atoms with E-state index in [1.54, 1.807) is 11.3 Å². The molecule has 1 N–H and O–H groups in total. The summed E-state index contributed by atoms with van der Waals surface area (Å²) in [7, 11) is 4.09. The fourth-order valence-corrected chi connectivity index (χ4v) is 3.81. The number of benzene rings is 1. The van der Waals surface area contributed by atoms with Gasteiger partial charge in [0.1, 0.15) is 0 Å². The van der Waals surface area contributed by atoms with Crippen molar-refractivity contribution in [2.24, 2.45) is 0 Å². The highest BCUT2D eigenvalue weighted by atomic mass is 32.1. The van der Waals surface area contributed by atoms with Crippen molar-refractivity contribution in [2.75, 3.05) is 63.7 Å². The number of anilines is 2. The van der Waals surface area contributed by atoms with Crippen LogP contribution in [0.5, 0.6) is 0 Å². The highest BCUT2D eigenvalue weighted by molar-refractivity contribution is 7.20. The molecule has 0 spiro atoms. The molecule has 8 heteroatoms. The summed E-state index contributed by atoms with van der Waals surface area (Å²) in [5, 5.41) is 8.93. The first-order valence-corrected chi connectivity index (χ1v) is 9.69. The number of hydrogen-bond acceptors (Lipinski definition) is 7. The Balaban J connectivity index is 1.41. The van der Waals surface area contributed by atoms with E-state index in [4.69, 9.17) is 9.72 Å². The maximum Gasteiger partial charge on any atom is 0.214 e. The van der Waals surface area contributed by atoms with Crippen molar-refractivity contribution in [2.45, 2.75) is 0 Å². The molecule has 1 saturated heterocycles. The van der Waals surface area contributed by atoms with Crippen LogP contribution in [0.3, 0.4) is 0 Å². The van der Waals surface area contributed by atoms with E-state index < -0.39 is 0 Å². The van der Waals surface area contributed by atoms with Crippen LogP contribution in [0.25, 0.3) is 16.2 Å². The fraction of sp³-hybridized carbons (Fsp3) is 0.444. The number of nitrogens with zero attached hydrogens (tertiary/aromatic N) is 5. The molecule has 0 aliphatic carbocycles. The predicted octanol–water partition coefficient (Wildman–Crippen LogP) is 2.27. The van der Waals surface area contributed by atoms with E-state index in [1.165, 1.54) is 0 Å². The highest BCUT2D eigenvalue weighted by Crippen LogP contribution is 2.26. The molecule has 4 rings (SSSR count). The zero-order valence-corrected chi connectivity index (χ0v) is 16.0. The number of ether oxygens (including phenoxy) is 1. The van der Waals surface area contributed by atoms with Crippen molar-refractivity contribution in [1.82, 2.24) is 19.5 Å². The molecule has 1 fully saturated rings. The largest absolute Gasteiger partial charge is 0.379 e. The Morgan fingerprint density at radius 3 is 2.88 bits per heavy atom. The number of fused-ring (bicyclic) bond motifs is 1. The average Bonchev–Trinajstić information content (AvgIpc) is 3.21. The Kier molecular flexibility index (Phi) is 5.05. The van der Waals surface area contributed by atoms with Crippen LogP contribution in [0.1, 0.15) is 0 Å². The third-order valence-corrected chi connectivity index (χ3v) is 5.39. The van der Waals surface area contributed by atoms with Crippen LogP contribution in [-0.2, 0) is 4.74 Å². The Morgan fingerprint density at radius 1 is 1.27 bits per heavy atom. The lowest BCUT2D eigenvalue weighted by Crippen LogP contribution is -2.39. The highest BCUT2D eigenvalue weighted by Gasteiger charge is 2.12. The molecule has 1 aliphatic heterocycles. The lowest BCUT2D eigenvalue weighted by molar-refractivity contribution is 0.0398. The number of rotatable bonds is 6. The van der Waals surface area contributed by atoms with Crippen molar-refractivity contribution in [1.29, 1.82) is 0 Å². The summed E-state index contributed by atoms with van der Waals surface area (Å²) in [5.74, 6) is 0. The van der Waals surface area contributed by atoms with Crippen LogP contribution in [0.15, 0.2) is 30.5 Å². The molecule has 1 aliphatic rings. The first kappa shape index (κ1) is 17.3. The minimum atomic E-state index is 0.836. The first-order valence-electron chi connectivity index (χ1n) is 8.87. The Hall–Kier alpha value is -2.16. The van der Waals surface area contributed by atoms with E-state index >= 15 is 0 Å². The molecule has 3 heterocycles. The molecule has 0 amide bonds. The normalized spacial score (nSPS) is 15.5. The molecular formula is C18H24N6OS. The van der Waals surface area contributed by atoms with Crippen molar-refractivity contribution in [3.8, 4) is 11.3 Å². The molecule has 1 aromatic carbocycles. The van der Waals surface area contributed by atoms with Gasteiger partial charge in [0.15, 0.2) is 0 Å². The standard InChI is InChI=1S/C18H24N6OS/c1-22(2)15-5-3-4-14(12-15)16-13-24-18(20-16)26-17(21-24)19-6-7-23-8-10-25-11-9-23/h3-5,12-13H,6-11H2,1-2H3,(H,19,21). The zero-order valence-electron chi connectivity index (χ0n) is 15.2. The van der Waals surface area contributed by atoms with Crippen LogP contribution < -0.4 is 10.2 Å². The SMILES string of the molecule is CN(C)c1cccc(-c2cn3nc(NCCN4CCOCC4)sc3n2)c1. The number of imidazole rings is 1. The Labute approximate surface area is 157 Å². The van der Waals surface area contributed by atoms with E-state index in [0.29, 0.717) is 0 Å². The van der Waals surface area contributed by atoms with Gasteiger partial charge in [-0.2, -0.15) is 0 Å². The number of nitrogens with one attached hydrogen (secondary N) is 1. The van der Waals surface area contributed by atoms with E-state index in [0.717, 1.165) is 66.4 Å². The van der Waals surface area contributed by atoms with Gasteiger partial charge in [0, 0.05) is 51.5 Å². The first-order chi connectivity index (χ1) is 12.7. The summed E-state index contributed by atoms with van der Waals surface area (Å²) in [5.41, 5.74) is 3.22. The van der Waals surface area contributed by atoms with Crippen molar-refractivity contribution < 1.29 is 4.74 Å². The second kappa shape index (κ2) is 7.61. The van der Waals surface area contributed by atoms with Crippen LogP contribution >= 0.6 is 11.3 Å². The van der Waals surface area contributed by atoms with Crippen LogP contribution in [0, 0.1) is 0 Å². The summed E-state index contributed by atoms with van der Waals surface area (Å²) in [6, 6.07) is 8.38. The van der Waals surface area contributed by atoms with Gasteiger partial charge in [0.2, 0.25) is 10.1 Å². The van der Waals surface area contributed by atoms with Crippen molar-refractivity contribution in [3.05, 3.63) is 30.5 Å². The van der Waals surface area contributed by atoms with Gasteiger partial charge in [-0.25, -0.2) is 9.50 Å². The Bertz CT molecular complexity index is 836.